The van der Waals surface area contributed by atoms with E-state index in [1.165, 1.54) is 36.6 Å². The molecule has 0 radical (unpaired) electrons. The van der Waals surface area contributed by atoms with Crippen molar-refractivity contribution in [3.8, 4) is 0 Å². The van der Waals surface area contributed by atoms with Crippen molar-refractivity contribution in [2.45, 2.75) is 25.7 Å². The van der Waals surface area contributed by atoms with Gasteiger partial charge in [-0.2, -0.15) is 0 Å². The van der Waals surface area contributed by atoms with Gasteiger partial charge in [-0.25, -0.2) is 0 Å². The fourth-order valence-corrected chi connectivity index (χ4v) is 2.41. The summed E-state index contributed by atoms with van der Waals surface area (Å²) < 4.78 is 0. The van der Waals surface area contributed by atoms with Crippen LogP contribution in [0.4, 0.5) is 0 Å². The molecule has 0 N–H and O–H groups in total. The Bertz CT molecular complexity index is 474. The maximum absolute atomic E-state index is 4.39. The smallest absolute Gasteiger partial charge is 0.0704 e. The lowest BCUT2D eigenvalue weighted by atomic mass is 9.89. The van der Waals surface area contributed by atoms with Crippen molar-refractivity contribution in [2.75, 3.05) is 0 Å². The monoisotopic (exact) mass is 183 g/mol. The summed E-state index contributed by atoms with van der Waals surface area (Å²) in [7, 11) is 0. The van der Waals surface area contributed by atoms with Crippen LogP contribution in [0.5, 0.6) is 0 Å². The highest BCUT2D eigenvalue weighted by Gasteiger charge is 2.11. The summed E-state index contributed by atoms with van der Waals surface area (Å²) in [5.41, 5.74) is 4.23. The van der Waals surface area contributed by atoms with Crippen LogP contribution in [0.2, 0.25) is 0 Å². The van der Waals surface area contributed by atoms with E-state index in [1.54, 1.807) is 5.56 Å². The normalized spacial score (nSPS) is 15.4. The predicted molar refractivity (Wildman–Crippen MR) is 58.4 cm³/mol. The number of fused-ring (bicyclic) bond motifs is 3. The molecule has 1 aliphatic carbocycles. The standard InChI is InChI=1S/C13H13N/c1-2-5-11-10(4-1)7-8-13-12(11)6-3-9-14-13/h3,6-9H,1-2,4-5H2. The van der Waals surface area contributed by atoms with Crippen LogP contribution in [-0.4, -0.2) is 4.98 Å². The number of aromatic nitrogens is 1. The maximum Gasteiger partial charge on any atom is 0.0704 e. The van der Waals surface area contributed by atoms with Crippen LogP contribution in [0, 0.1) is 0 Å². The molecule has 0 atom stereocenters. The molecule has 1 aromatic heterocycles. The van der Waals surface area contributed by atoms with Crippen LogP contribution in [0.15, 0.2) is 30.5 Å². The van der Waals surface area contributed by atoms with E-state index in [-0.39, 0.29) is 0 Å². The van der Waals surface area contributed by atoms with Gasteiger partial charge in [0.2, 0.25) is 0 Å². The van der Waals surface area contributed by atoms with E-state index in [0.717, 1.165) is 5.52 Å². The fraction of sp³-hybridized carbons (Fsp3) is 0.308. The molecule has 0 saturated carbocycles. The first-order valence-electron chi connectivity index (χ1n) is 5.30. The van der Waals surface area contributed by atoms with Crippen LogP contribution in [0.25, 0.3) is 10.9 Å². The second kappa shape index (κ2) is 3.09. The average molecular weight is 183 g/mol. The first kappa shape index (κ1) is 7.98. The molecule has 1 aliphatic rings. The van der Waals surface area contributed by atoms with Gasteiger partial charge in [-0.1, -0.05) is 12.1 Å². The molecule has 0 unspecified atom stereocenters. The van der Waals surface area contributed by atoms with Crippen LogP contribution in [-0.2, 0) is 12.8 Å². The van der Waals surface area contributed by atoms with Crippen molar-refractivity contribution < 1.29 is 0 Å². The molecular weight excluding hydrogens is 170 g/mol. The van der Waals surface area contributed by atoms with Gasteiger partial charge < -0.3 is 0 Å². The summed E-state index contributed by atoms with van der Waals surface area (Å²) in [6, 6.07) is 8.65. The first-order chi connectivity index (χ1) is 6.95. The molecule has 0 spiro atoms. The van der Waals surface area contributed by atoms with E-state index >= 15 is 0 Å². The molecule has 0 bridgehead atoms. The van der Waals surface area contributed by atoms with Gasteiger partial charge in [0.25, 0.3) is 0 Å². The van der Waals surface area contributed by atoms with Gasteiger partial charge in [-0.3, -0.25) is 4.98 Å². The number of benzene rings is 1. The van der Waals surface area contributed by atoms with E-state index in [2.05, 4.69) is 23.2 Å². The van der Waals surface area contributed by atoms with Crippen molar-refractivity contribution in [2.24, 2.45) is 0 Å². The highest BCUT2D eigenvalue weighted by atomic mass is 14.6. The van der Waals surface area contributed by atoms with Gasteiger partial charge in [0.1, 0.15) is 0 Å². The average Bonchev–Trinajstić information content (AvgIpc) is 2.29. The summed E-state index contributed by atoms with van der Waals surface area (Å²) in [6.45, 7) is 0. The molecular formula is C13H13N. The zero-order chi connectivity index (χ0) is 9.38. The third kappa shape index (κ3) is 1.12. The summed E-state index contributed by atoms with van der Waals surface area (Å²) in [5.74, 6) is 0. The van der Waals surface area contributed by atoms with Crippen molar-refractivity contribution in [3.05, 3.63) is 41.6 Å². The number of nitrogens with zero attached hydrogens (tertiary/aromatic N) is 1. The Labute approximate surface area is 83.8 Å². The van der Waals surface area contributed by atoms with Gasteiger partial charge in [0.05, 0.1) is 5.52 Å². The molecule has 0 saturated heterocycles. The molecule has 1 heteroatoms. The van der Waals surface area contributed by atoms with Gasteiger partial charge >= 0.3 is 0 Å². The van der Waals surface area contributed by atoms with Crippen molar-refractivity contribution >= 4 is 10.9 Å². The third-order valence-corrected chi connectivity index (χ3v) is 3.12. The van der Waals surface area contributed by atoms with Crippen LogP contribution in [0.3, 0.4) is 0 Å². The number of rotatable bonds is 0. The zero-order valence-corrected chi connectivity index (χ0v) is 8.16. The van der Waals surface area contributed by atoms with E-state index in [9.17, 15) is 0 Å². The lowest BCUT2D eigenvalue weighted by Gasteiger charge is -2.17. The lowest BCUT2D eigenvalue weighted by molar-refractivity contribution is 0.690. The topological polar surface area (TPSA) is 12.9 Å². The Hall–Kier alpha value is -1.37. The fourth-order valence-electron chi connectivity index (χ4n) is 2.41. The molecule has 14 heavy (non-hydrogen) atoms. The number of pyridine rings is 1. The van der Waals surface area contributed by atoms with Crippen molar-refractivity contribution in [1.29, 1.82) is 0 Å². The second-order valence-corrected chi connectivity index (χ2v) is 3.98. The van der Waals surface area contributed by atoms with Crippen molar-refractivity contribution in [1.82, 2.24) is 4.98 Å². The quantitative estimate of drug-likeness (QED) is 0.611. The highest BCUT2D eigenvalue weighted by Crippen LogP contribution is 2.27. The Balaban J connectivity index is 2.34. The van der Waals surface area contributed by atoms with E-state index in [0.29, 0.717) is 0 Å². The molecule has 0 amide bonds. The van der Waals surface area contributed by atoms with Crippen molar-refractivity contribution in [3.63, 3.8) is 0 Å². The van der Waals surface area contributed by atoms with Gasteiger partial charge in [-0.05, 0) is 48.9 Å². The summed E-state index contributed by atoms with van der Waals surface area (Å²) in [4.78, 5) is 4.39. The molecule has 1 aromatic carbocycles. The molecule has 2 aromatic rings. The minimum atomic E-state index is 1.15. The maximum atomic E-state index is 4.39. The van der Waals surface area contributed by atoms with Crippen LogP contribution >= 0.6 is 0 Å². The molecule has 0 aliphatic heterocycles. The minimum Gasteiger partial charge on any atom is -0.256 e. The number of aryl methyl sites for hydroxylation is 2. The summed E-state index contributed by atoms with van der Waals surface area (Å²) in [6.07, 6.45) is 7.04. The number of hydrogen-bond acceptors (Lipinski definition) is 1. The molecule has 1 nitrogen and oxygen atoms in total. The van der Waals surface area contributed by atoms with E-state index in [4.69, 9.17) is 0 Å². The molecule has 1 heterocycles. The number of hydrogen-bond donors (Lipinski definition) is 0. The van der Waals surface area contributed by atoms with Gasteiger partial charge in [-0.15, -0.1) is 0 Å². The molecule has 70 valence electrons. The predicted octanol–water partition coefficient (Wildman–Crippen LogP) is 3.11. The molecule has 0 fully saturated rings. The highest BCUT2D eigenvalue weighted by molar-refractivity contribution is 5.83. The summed E-state index contributed by atoms with van der Waals surface area (Å²) in [5, 5.41) is 1.37. The van der Waals surface area contributed by atoms with Gasteiger partial charge in [0, 0.05) is 11.6 Å². The van der Waals surface area contributed by atoms with Crippen LogP contribution < -0.4 is 0 Å². The Kier molecular flexibility index (Phi) is 1.76. The Morgan fingerprint density at radius 3 is 2.93 bits per heavy atom. The zero-order valence-electron chi connectivity index (χ0n) is 8.16. The molecule has 3 rings (SSSR count). The SMILES string of the molecule is c1cnc2ccc3c(c2c1)CCCC3. The van der Waals surface area contributed by atoms with E-state index < -0.39 is 0 Å². The second-order valence-electron chi connectivity index (χ2n) is 3.98. The van der Waals surface area contributed by atoms with Crippen LogP contribution in [0.1, 0.15) is 24.0 Å². The Morgan fingerprint density at radius 2 is 1.93 bits per heavy atom. The third-order valence-electron chi connectivity index (χ3n) is 3.12. The largest absolute Gasteiger partial charge is 0.256 e. The van der Waals surface area contributed by atoms with E-state index in [1.807, 2.05) is 12.3 Å². The first-order valence-corrected chi connectivity index (χ1v) is 5.30. The lowest BCUT2D eigenvalue weighted by Crippen LogP contribution is -2.03. The summed E-state index contributed by atoms with van der Waals surface area (Å²) >= 11 is 0. The Morgan fingerprint density at radius 1 is 1.00 bits per heavy atom. The van der Waals surface area contributed by atoms with Gasteiger partial charge in [0.15, 0.2) is 0 Å². The minimum absolute atomic E-state index is 1.15.